The lowest BCUT2D eigenvalue weighted by molar-refractivity contribution is -0.137. The Morgan fingerprint density at radius 2 is 1.47 bits per heavy atom. The van der Waals surface area contributed by atoms with Crippen LogP contribution < -0.4 is 16.0 Å². The van der Waals surface area contributed by atoms with E-state index in [9.17, 15) is 22.8 Å². The molecule has 1 heterocycles. The van der Waals surface area contributed by atoms with Crippen molar-refractivity contribution in [2.45, 2.75) is 12.7 Å². The molecule has 0 saturated heterocycles. The lowest BCUT2D eigenvalue weighted by atomic mass is 10.1. The Balaban J connectivity index is 1.55. The number of benzene rings is 3. The first-order valence-electron chi connectivity index (χ1n) is 9.02. The minimum absolute atomic E-state index is 0.0885. The van der Waals surface area contributed by atoms with Crippen LogP contribution >= 0.6 is 0 Å². The average Bonchev–Trinajstić information content (AvgIpc) is 2.97. The molecule has 8 heteroatoms. The first kappa shape index (κ1) is 19.5. The van der Waals surface area contributed by atoms with Gasteiger partial charge in [-0.2, -0.15) is 13.2 Å². The van der Waals surface area contributed by atoms with Gasteiger partial charge >= 0.3 is 6.18 Å². The molecule has 30 heavy (non-hydrogen) atoms. The zero-order valence-electron chi connectivity index (χ0n) is 15.5. The smallest absolute Gasteiger partial charge is 0.399 e. The third kappa shape index (κ3) is 3.59. The molecule has 0 aliphatic carbocycles. The van der Waals surface area contributed by atoms with Gasteiger partial charge < -0.3 is 11.1 Å². The maximum atomic E-state index is 12.8. The summed E-state index contributed by atoms with van der Waals surface area (Å²) in [6.07, 6.45) is -4.49. The third-order valence-electron chi connectivity index (χ3n) is 4.82. The molecule has 0 bridgehead atoms. The number of amides is 2. The molecule has 3 aromatic rings. The number of hydrogen-bond donors (Lipinski definition) is 2. The van der Waals surface area contributed by atoms with Gasteiger partial charge in [-0.1, -0.05) is 12.1 Å². The van der Waals surface area contributed by atoms with Gasteiger partial charge in [0.25, 0.3) is 11.8 Å². The first-order valence-corrected chi connectivity index (χ1v) is 9.02. The quantitative estimate of drug-likeness (QED) is 0.482. The molecule has 0 spiro atoms. The zero-order valence-corrected chi connectivity index (χ0v) is 15.5. The van der Waals surface area contributed by atoms with E-state index in [1.807, 2.05) is 12.1 Å². The van der Waals surface area contributed by atoms with E-state index in [1.165, 1.54) is 6.07 Å². The van der Waals surface area contributed by atoms with Crippen molar-refractivity contribution in [3.05, 3.63) is 89.0 Å². The number of rotatable bonds is 4. The number of imide groups is 1. The summed E-state index contributed by atoms with van der Waals surface area (Å²) in [5.41, 5.74) is 7.59. The van der Waals surface area contributed by atoms with Crippen molar-refractivity contribution in [2.24, 2.45) is 0 Å². The molecule has 2 amide bonds. The summed E-state index contributed by atoms with van der Waals surface area (Å²) in [7, 11) is 0. The van der Waals surface area contributed by atoms with Crippen LogP contribution in [0.2, 0.25) is 0 Å². The van der Waals surface area contributed by atoms with Crippen molar-refractivity contribution in [2.75, 3.05) is 16.0 Å². The van der Waals surface area contributed by atoms with Crippen LogP contribution in [0.1, 0.15) is 31.8 Å². The van der Waals surface area contributed by atoms with Gasteiger partial charge in [0.1, 0.15) is 0 Å². The third-order valence-corrected chi connectivity index (χ3v) is 4.82. The topological polar surface area (TPSA) is 75.4 Å². The standard InChI is InChI=1S/C22H16F3N3O2/c23-22(24,25)14-3-8-17(9-4-14)28-20(29)18-10-7-16(11-19(18)21(28)30)27-12-13-1-5-15(26)6-2-13/h1-11,27H,12,26H2. The maximum Gasteiger partial charge on any atom is 0.416 e. The Hall–Kier alpha value is -3.81. The average molecular weight is 411 g/mol. The van der Waals surface area contributed by atoms with Crippen LogP contribution in [0.3, 0.4) is 0 Å². The molecule has 0 fully saturated rings. The number of carbonyl (C=O) groups excluding carboxylic acids is 2. The lowest BCUT2D eigenvalue weighted by Crippen LogP contribution is -2.29. The van der Waals surface area contributed by atoms with Crippen molar-refractivity contribution < 1.29 is 22.8 Å². The minimum atomic E-state index is -4.49. The van der Waals surface area contributed by atoms with E-state index < -0.39 is 23.6 Å². The van der Waals surface area contributed by atoms with Crippen molar-refractivity contribution >= 4 is 28.9 Å². The normalized spacial score (nSPS) is 13.5. The van der Waals surface area contributed by atoms with Gasteiger partial charge in [0, 0.05) is 17.9 Å². The molecule has 1 aliphatic rings. The number of alkyl halides is 3. The summed E-state index contributed by atoms with van der Waals surface area (Å²) >= 11 is 0. The molecule has 0 saturated carbocycles. The number of halogens is 3. The molecule has 3 N–H and O–H groups in total. The summed E-state index contributed by atoms with van der Waals surface area (Å²) in [5, 5.41) is 3.18. The molecule has 152 valence electrons. The van der Waals surface area contributed by atoms with Crippen LogP contribution in [-0.4, -0.2) is 11.8 Å². The molecule has 0 radical (unpaired) electrons. The number of hydrogen-bond acceptors (Lipinski definition) is 4. The molecule has 5 nitrogen and oxygen atoms in total. The molecular weight excluding hydrogens is 395 g/mol. The number of nitrogens with two attached hydrogens (primary N) is 1. The van der Waals surface area contributed by atoms with E-state index in [0.29, 0.717) is 17.9 Å². The molecule has 3 aromatic carbocycles. The number of anilines is 3. The summed E-state index contributed by atoms with van der Waals surface area (Å²) < 4.78 is 38.3. The highest BCUT2D eigenvalue weighted by Crippen LogP contribution is 2.34. The highest BCUT2D eigenvalue weighted by molar-refractivity contribution is 6.34. The van der Waals surface area contributed by atoms with E-state index in [1.54, 1.807) is 24.3 Å². The second-order valence-corrected chi connectivity index (χ2v) is 6.85. The predicted molar refractivity (Wildman–Crippen MR) is 107 cm³/mol. The van der Waals surface area contributed by atoms with Crippen LogP contribution in [0, 0.1) is 0 Å². The number of nitrogen functional groups attached to an aromatic ring is 1. The second-order valence-electron chi connectivity index (χ2n) is 6.85. The number of nitrogens with one attached hydrogen (secondary N) is 1. The molecule has 0 unspecified atom stereocenters. The lowest BCUT2D eigenvalue weighted by Gasteiger charge is -2.15. The van der Waals surface area contributed by atoms with Crippen LogP contribution in [-0.2, 0) is 12.7 Å². The van der Waals surface area contributed by atoms with Crippen LogP contribution in [0.15, 0.2) is 66.7 Å². The second kappa shape index (κ2) is 7.22. The van der Waals surface area contributed by atoms with E-state index in [0.717, 1.165) is 34.7 Å². The van der Waals surface area contributed by atoms with Crippen LogP contribution in [0.5, 0.6) is 0 Å². The predicted octanol–water partition coefficient (Wildman–Crippen LogP) is 4.70. The fourth-order valence-corrected chi connectivity index (χ4v) is 3.22. The summed E-state index contributed by atoms with van der Waals surface area (Å²) in [6.45, 7) is 0.490. The maximum absolute atomic E-state index is 12.8. The monoisotopic (exact) mass is 411 g/mol. The zero-order chi connectivity index (χ0) is 21.5. The Kier molecular flexibility index (Phi) is 4.69. The Bertz CT molecular complexity index is 1120. The summed E-state index contributed by atoms with van der Waals surface area (Å²) in [4.78, 5) is 26.3. The van der Waals surface area contributed by atoms with Gasteiger partial charge in [0.15, 0.2) is 0 Å². The fraction of sp³-hybridized carbons (Fsp3) is 0.0909. The fourth-order valence-electron chi connectivity index (χ4n) is 3.22. The van der Waals surface area contributed by atoms with Crippen LogP contribution in [0.4, 0.5) is 30.2 Å². The summed E-state index contributed by atoms with van der Waals surface area (Å²) in [6, 6.07) is 16.0. The van der Waals surface area contributed by atoms with Crippen molar-refractivity contribution in [1.82, 2.24) is 0 Å². The van der Waals surface area contributed by atoms with E-state index in [4.69, 9.17) is 5.73 Å². The molecular formula is C22H16F3N3O2. The molecule has 0 atom stereocenters. The van der Waals surface area contributed by atoms with E-state index >= 15 is 0 Å². The van der Waals surface area contributed by atoms with Crippen molar-refractivity contribution in [3.8, 4) is 0 Å². The number of carbonyl (C=O) groups is 2. The Labute approximate surface area is 169 Å². The van der Waals surface area contributed by atoms with Gasteiger partial charge in [0.05, 0.1) is 22.4 Å². The molecule has 4 rings (SSSR count). The first-order chi connectivity index (χ1) is 14.2. The van der Waals surface area contributed by atoms with E-state index in [-0.39, 0.29) is 16.8 Å². The SMILES string of the molecule is Nc1ccc(CNc2ccc3c(c2)C(=O)N(c2ccc(C(F)(F)F)cc2)C3=O)cc1. The number of fused-ring (bicyclic) bond motifs is 1. The van der Waals surface area contributed by atoms with Gasteiger partial charge in [-0.05, 0) is 60.2 Å². The van der Waals surface area contributed by atoms with Gasteiger partial charge in [-0.25, -0.2) is 4.90 Å². The van der Waals surface area contributed by atoms with Gasteiger partial charge in [-0.3, -0.25) is 9.59 Å². The van der Waals surface area contributed by atoms with Gasteiger partial charge in [0.2, 0.25) is 0 Å². The molecule has 0 aromatic heterocycles. The van der Waals surface area contributed by atoms with E-state index in [2.05, 4.69) is 5.32 Å². The van der Waals surface area contributed by atoms with Gasteiger partial charge in [-0.15, -0.1) is 0 Å². The molecule has 1 aliphatic heterocycles. The van der Waals surface area contributed by atoms with Crippen LogP contribution in [0.25, 0.3) is 0 Å². The largest absolute Gasteiger partial charge is 0.416 e. The Morgan fingerprint density at radius 3 is 2.10 bits per heavy atom. The van der Waals surface area contributed by atoms with Crippen molar-refractivity contribution in [3.63, 3.8) is 0 Å². The summed E-state index contributed by atoms with van der Waals surface area (Å²) in [5.74, 6) is -1.15. The highest BCUT2D eigenvalue weighted by atomic mass is 19.4. The van der Waals surface area contributed by atoms with Crippen molar-refractivity contribution in [1.29, 1.82) is 0 Å². The highest BCUT2D eigenvalue weighted by Gasteiger charge is 2.37. The Morgan fingerprint density at radius 1 is 0.833 bits per heavy atom. The minimum Gasteiger partial charge on any atom is -0.399 e. The number of nitrogens with zero attached hydrogens (tertiary/aromatic N) is 1.